The molecule has 28 heavy (non-hydrogen) atoms. The quantitative estimate of drug-likeness (QED) is 0.788. The van der Waals surface area contributed by atoms with Crippen LogP contribution in [0.15, 0.2) is 34.7 Å². The normalized spacial score (nSPS) is 15.2. The van der Waals surface area contributed by atoms with Crippen molar-refractivity contribution >= 4 is 11.9 Å². The van der Waals surface area contributed by atoms with Crippen LogP contribution in [-0.4, -0.2) is 64.0 Å². The summed E-state index contributed by atoms with van der Waals surface area (Å²) < 4.78 is 5.74. The molecule has 0 aliphatic carbocycles. The molecule has 0 bridgehead atoms. The number of benzene rings is 1. The van der Waals surface area contributed by atoms with Crippen LogP contribution in [0.25, 0.3) is 11.5 Å². The molecule has 1 amide bonds. The molecule has 0 saturated carbocycles. The van der Waals surface area contributed by atoms with Gasteiger partial charge in [0.05, 0.1) is 18.7 Å². The Morgan fingerprint density at radius 1 is 1.25 bits per heavy atom. The maximum atomic E-state index is 12.7. The van der Waals surface area contributed by atoms with E-state index in [9.17, 15) is 9.59 Å². The van der Waals surface area contributed by atoms with Crippen molar-refractivity contribution < 1.29 is 19.1 Å². The van der Waals surface area contributed by atoms with Gasteiger partial charge >= 0.3 is 5.97 Å². The van der Waals surface area contributed by atoms with Crippen molar-refractivity contribution in [3.05, 3.63) is 41.8 Å². The van der Waals surface area contributed by atoms with Gasteiger partial charge in [0.25, 0.3) is 0 Å². The largest absolute Gasteiger partial charge is 0.480 e. The molecule has 1 aliphatic heterocycles. The van der Waals surface area contributed by atoms with Crippen molar-refractivity contribution in [3.8, 4) is 11.5 Å². The van der Waals surface area contributed by atoms with Gasteiger partial charge in [-0.3, -0.25) is 14.5 Å². The average molecular weight is 385 g/mol. The van der Waals surface area contributed by atoms with Crippen LogP contribution in [0, 0.1) is 6.92 Å². The van der Waals surface area contributed by atoms with Crippen LogP contribution in [0.2, 0.25) is 0 Å². The van der Waals surface area contributed by atoms with Gasteiger partial charge < -0.3 is 14.4 Å². The number of oxazole rings is 1. The van der Waals surface area contributed by atoms with Gasteiger partial charge in [-0.05, 0) is 38.4 Å². The number of likely N-dealkylation sites (N-methyl/N-ethyl adjacent to an activating group) is 1. The van der Waals surface area contributed by atoms with Crippen LogP contribution >= 0.6 is 0 Å². The van der Waals surface area contributed by atoms with Crippen LogP contribution in [0.5, 0.6) is 0 Å². The third-order valence-electron chi connectivity index (χ3n) is 5.31. The molecule has 150 valence electrons. The molecule has 1 aromatic carbocycles. The van der Waals surface area contributed by atoms with Crippen molar-refractivity contribution in [2.45, 2.75) is 39.2 Å². The Labute approximate surface area is 165 Å². The zero-order chi connectivity index (χ0) is 20.1. The first-order valence-electron chi connectivity index (χ1n) is 9.73. The predicted octanol–water partition coefficient (Wildman–Crippen LogP) is 2.59. The highest BCUT2D eigenvalue weighted by molar-refractivity contribution is 5.78. The van der Waals surface area contributed by atoms with E-state index in [2.05, 4.69) is 4.98 Å². The van der Waals surface area contributed by atoms with Gasteiger partial charge in [0.2, 0.25) is 11.8 Å². The summed E-state index contributed by atoms with van der Waals surface area (Å²) in [6.07, 6.45) is 1.80. The second kappa shape index (κ2) is 9.01. The number of carbonyl (C=O) groups excluding carboxylic acids is 1. The van der Waals surface area contributed by atoms with E-state index < -0.39 is 5.97 Å². The maximum Gasteiger partial charge on any atom is 0.317 e. The standard InChI is InChI=1S/C21H27N3O4/c1-3-23(14-20(26)27)17-9-11-24(12-10-17)19(25)13-18-15(2)28-21(22-18)16-7-5-4-6-8-16/h4-8,17H,3,9-14H2,1-2H3,(H,26,27). The van der Waals surface area contributed by atoms with Crippen LogP contribution in [-0.2, 0) is 16.0 Å². The smallest absolute Gasteiger partial charge is 0.317 e. The van der Waals surface area contributed by atoms with Gasteiger partial charge in [0.15, 0.2) is 0 Å². The van der Waals surface area contributed by atoms with Crippen molar-refractivity contribution in [1.82, 2.24) is 14.8 Å². The molecule has 2 heterocycles. The van der Waals surface area contributed by atoms with Crippen LogP contribution in [0.3, 0.4) is 0 Å². The molecule has 0 spiro atoms. The van der Waals surface area contributed by atoms with E-state index in [-0.39, 0.29) is 24.9 Å². The summed E-state index contributed by atoms with van der Waals surface area (Å²) in [4.78, 5) is 32.1. The fraction of sp³-hybridized carbons (Fsp3) is 0.476. The Morgan fingerprint density at radius 3 is 2.54 bits per heavy atom. The van der Waals surface area contributed by atoms with Crippen LogP contribution in [0.4, 0.5) is 0 Å². The average Bonchev–Trinajstić information content (AvgIpc) is 3.07. The summed E-state index contributed by atoms with van der Waals surface area (Å²) >= 11 is 0. The summed E-state index contributed by atoms with van der Waals surface area (Å²) in [6, 6.07) is 9.85. The number of nitrogens with zero attached hydrogens (tertiary/aromatic N) is 3. The molecule has 0 atom stereocenters. The lowest BCUT2D eigenvalue weighted by molar-refractivity contribution is -0.140. The summed E-state index contributed by atoms with van der Waals surface area (Å²) in [5, 5.41) is 9.04. The fourth-order valence-corrected chi connectivity index (χ4v) is 3.70. The SMILES string of the molecule is CCN(CC(=O)O)C1CCN(C(=O)Cc2nc(-c3ccccc3)oc2C)CC1. The highest BCUT2D eigenvalue weighted by Crippen LogP contribution is 2.23. The molecule has 1 fully saturated rings. The third kappa shape index (κ3) is 4.78. The second-order valence-corrected chi connectivity index (χ2v) is 7.13. The van der Waals surface area contributed by atoms with Crippen molar-refractivity contribution in [1.29, 1.82) is 0 Å². The second-order valence-electron chi connectivity index (χ2n) is 7.13. The van der Waals surface area contributed by atoms with E-state index in [0.29, 0.717) is 37.0 Å². The predicted molar refractivity (Wildman–Crippen MR) is 105 cm³/mol. The monoisotopic (exact) mass is 385 g/mol. The first kappa shape index (κ1) is 20.1. The number of carboxylic acids is 1. The number of likely N-dealkylation sites (tertiary alicyclic amines) is 1. The molecule has 3 rings (SSSR count). The molecule has 0 unspecified atom stereocenters. The maximum absolute atomic E-state index is 12.7. The summed E-state index contributed by atoms with van der Waals surface area (Å²) in [6.45, 7) is 5.84. The van der Waals surface area contributed by atoms with Crippen LogP contribution < -0.4 is 0 Å². The molecule has 1 saturated heterocycles. The molecule has 1 N–H and O–H groups in total. The van der Waals surface area contributed by atoms with Gasteiger partial charge in [0.1, 0.15) is 5.76 Å². The van der Waals surface area contributed by atoms with Crippen molar-refractivity contribution in [2.24, 2.45) is 0 Å². The minimum Gasteiger partial charge on any atom is -0.480 e. The van der Waals surface area contributed by atoms with Gasteiger partial charge in [0, 0.05) is 24.7 Å². The molecule has 1 aliphatic rings. The van der Waals surface area contributed by atoms with Crippen molar-refractivity contribution in [3.63, 3.8) is 0 Å². The Bertz CT molecular complexity index is 810. The summed E-state index contributed by atoms with van der Waals surface area (Å²) in [5.74, 6) is 0.430. The number of rotatable bonds is 7. The summed E-state index contributed by atoms with van der Waals surface area (Å²) in [7, 11) is 0. The Balaban J connectivity index is 1.58. The number of aliphatic carboxylic acids is 1. The van der Waals surface area contributed by atoms with E-state index in [1.54, 1.807) is 0 Å². The van der Waals surface area contributed by atoms with Gasteiger partial charge in [-0.15, -0.1) is 0 Å². The highest BCUT2D eigenvalue weighted by Gasteiger charge is 2.28. The van der Waals surface area contributed by atoms with E-state index in [4.69, 9.17) is 9.52 Å². The molecule has 7 nitrogen and oxygen atoms in total. The number of aromatic nitrogens is 1. The molecular weight excluding hydrogens is 358 g/mol. The van der Waals surface area contributed by atoms with E-state index >= 15 is 0 Å². The number of hydrogen-bond donors (Lipinski definition) is 1. The van der Waals surface area contributed by atoms with E-state index in [1.807, 2.05) is 54.0 Å². The Morgan fingerprint density at radius 2 is 1.93 bits per heavy atom. The Kier molecular flexibility index (Phi) is 6.46. The third-order valence-corrected chi connectivity index (χ3v) is 5.31. The van der Waals surface area contributed by atoms with Gasteiger partial charge in [-0.1, -0.05) is 25.1 Å². The Hall–Kier alpha value is -2.67. The topological polar surface area (TPSA) is 86.9 Å². The highest BCUT2D eigenvalue weighted by atomic mass is 16.4. The lowest BCUT2D eigenvalue weighted by Gasteiger charge is -2.37. The number of piperidine rings is 1. The van der Waals surface area contributed by atoms with Crippen molar-refractivity contribution in [2.75, 3.05) is 26.2 Å². The number of amides is 1. The van der Waals surface area contributed by atoms with Gasteiger partial charge in [-0.25, -0.2) is 4.98 Å². The van der Waals surface area contributed by atoms with E-state index in [0.717, 1.165) is 18.4 Å². The molecule has 1 aromatic heterocycles. The zero-order valence-electron chi connectivity index (χ0n) is 16.4. The molecule has 2 aromatic rings. The molecule has 7 heteroatoms. The van der Waals surface area contributed by atoms with Gasteiger partial charge in [-0.2, -0.15) is 0 Å². The first-order valence-corrected chi connectivity index (χ1v) is 9.73. The van der Waals surface area contributed by atoms with E-state index in [1.165, 1.54) is 0 Å². The molecular formula is C21H27N3O4. The first-order chi connectivity index (χ1) is 13.5. The minimum atomic E-state index is -0.809. The number of carbonyl (C=O) groups is 2. The number of aryl methyl sites for hydroxylation is 1. The molecule has 0 radical (unpaired) electrons. The minimum absolute atomic E-state index is 0.0377. The lowest BCUT2D eigenvalue weighted by Crippen LogP contribution is -2.48. The fourth-order valence-electron chi connectivity index (χ4n) is 3.70. The number of hydrogen-bond acceptors (Lipinski definition) is 5. The number of carboxylic acid groups (broad SMARTS) is 1. The summed E-state index contributed by atoms with van der Waals surface area (Å²) in [5.41, 5.74) is 1.57. The van der Waals surface area contributed by atoms with Crippen LogP contribution in [0.1, 0.15) is 31.2 Å². The lowest BCUT2D eigenvalue weighted by atomic mass is 10.0. The zero-order valence-corrected chi connectivity index (χ0v) is 16.4.